The van der Waals surface area contributed by atoms with Crippen molar-refractivity contribution in [2.24, 2.45) is 0 Å². The van der Waals surface area contributed by atoms with Crippen molar-refractivity contribution in [1.29, 1.82) is 0 Å². The Labute approximate surface area is 133 Å². The van der Waals surface area contributed by atoms with Gasteiger partial charge in [-0.1, -0.05) is 11.6 Å². The van der Waals surface area contributed by atoms with Crippen LogP contribution in [0.1, 0.15) is 23.5 Å². The number of nitrogens with two attached hydrogens (primary N) is 1. The fourth-order valence-corrected chi connectivity index (χ4v) is 3.60. The molecule has 2 aromatic rings. The molecule has 21 heavy (non-hydrogen) atoms. The van der Waals surface area contributed by atoms with E-state index in [1.54, 1.807) is 24.1 Å². The Balaban J connectivity index is 2.40. The number of amides is 1. The third kappa shape index (κ3) is 3.15. The number of hydrogen-bond acceptors (Lipinski definition) is 4. The summed E-state index contributed by atoms with van der Waals surface area (Å²) in [6.45, 7) is 5.02. The van der Waals surface area contributed by atoms with Gasteiger partial charge in [0.2, 0.25) is 0 Å². The van der Waals surface area contributed by atoms with Crippen molar-refractivity contribution in [3.63, 3.8) is 0 Å². The van der Waals surface area contributed by atoms with Gasteiger partial charge in [-0.15, -0.1) is 11.3 Å². The van der Waals surface area contributed by atoms with E-state index >= 15 is 0 Å². The van der Waals surface area contributed by atoms with Gasteiger partial charge in [0.15, 0.2) is 0 Å². The van der Waals surface area contributed by atoms with Crippen molar-refractivity contribution in [3.05, 3.63) is 28.1 Å². The van der Waals surface area contributed by atoms with E-state index in [2.05, 4.69) is 0 Å². The molecule has 0 saturated heterocycles. The molecule has 1 aromatic carbocycles. The maximum absolute atomic E-state index is 12.7. The number of carbonyl (C=O) groups is 1. The Morgan fingerprint density at radius 3 is 2.86 bits per heavy atom. The summed E-state index contributed by atoms with van der Waals surface area (Å²) in [6.07, 6.45) is 0. The van der Waals surface area contributed by atoms with E-state index in [1.807, 2.05) is 19.9 Å². The molecule has 6 heteroatoms. The normalized spacial score (nSPS) is 12.6. The number of methoxy groups -OCH3 is 1. The monoisotopic (exact) mass is 326 g/mol. The molecule has 2 N–H and O–H groups in total. The predicted molar refractivity (Wildman–Crippen MR) is 89.3 cm³/mol. The first kappa shape index (κ1) is 16.1. The molecule has 0 radical (unpaired) electrons. The van der Waals surface area contributed by atoms with Gasteiger partial charge < -0.3 is 15.4 Å². The van der Waals surface area contributed by atoms with Crippen molar-refractivity contribution in [2.75, 3.05) is 26.0 Å². The topological polar surface area (TPSA) is 55.6 Å². The molecule has 0 bridgehead atoms. The summed E-state index contributed by atoms with van der Waals surface area (Å²) in [4.78, 5) is 15.1. The van der Waals surface area contributed by atoms with E-state index in [0.717, 1.165) is 10.1 Å². The Hall–Kier alpha value is -1.30. The van der Waals surface area contributed by atoms with Crippen molar-refractivity contribution < 1.29 is 9.53 Å². The summed E-state index contributed by atoms with van der Waals surface area (Å²) in [5, 5.41) is 1.46. The highest BCUT2D eigenvalue weighted by Crippen LogP contribution is 2.36. The van der Waals surface area contributed by atoms with E-state index in [-0.39, 0.29) is 11.9 Å². The van der Waals surface area contributed by atoms with Gasteiger partial charge in [0.05, 0.1) is 18.3 Å². The molecule has 1 amide bonds. The first-order chi connectivity index (χ1) is 9.99. The maximum atomic E-state index is 12.7. The summed E-state index contributed by atoms with van der Waals surface area (Å²) in [7, 11) is 1.63. The van der Waals surface area contributed by atoms with Gasteiger partial charge in [0.25, 0.3) is 5.91 Å². The largest absolute Gasteiger partial charge is 0.397 e. The van der Waals surface area contributed by atoms with E-state index in [0.29, 0.717) is 28.7 Å². The van der Waals surface area contributed by atoms with E-state index < -0.39 is 0 Å². The van der Waals surface area contributed by atoms with Crippen molar-refractivity contribution in [1.82, 2.24) is 4.90 Å². The second-order valence-corrected chi connectivity index (χ2v) is 6.37. The molecule has 1 heterocycles. The third-order valence-electron chi connectivity index (χ3n) is 3.42. The van der Waals surface area contributed by atoms with Crippen LogP contribution < -0.4 is 5.73 Å². The molecule has 1 aromatic heterocycles. The molecule has 0 aliphatic carbocycles. The number of likely N-dealkylation sites (N-methyl/N-ethyl adjacent to an activating group) is 1. The summed E-state index contributed by atoms with van der Waals surface area (Å²) in [6, 6.07) is 5.50. The number of nitrogens with zero attached hydrogens (tertiary/aromatic N) is 1. The minimum atomic E-state index is -0.0585. The Kier molecular flexibility index (Phi) is 5.08. The molecule has 1 unspecified atom stereocenters. The highest BCUT2D eigenvalue weighted by Gasteiger charge is 2.24. The first-order valence-corrected chi connectivity index (χ1v) is 7.96. The highest BCUT2D eigenvalue weighted by atomic mass is 35.5. The lowest BCUT2D eigenvalue weighted by atomic mass is 10.2. The quantitative estimate of drug-likeness (QED) is 0.912. The number of nitrogen functional groups attached to an aromatic ring is 1. The van der Waals surface area contributed by atoms with Crippen LogP contribution >= 0.6 is 22.9 Å². The fourth-order valence-electron chi connectivity index (χ4n) is 2.36. The zero-order valence-corrected chi connectivity index (χ0v) is 13.9. The average molecular weight is 327 g/mol. The molecule has 4 nitrogen and oxygen atoms in total. The lowest BCUT2D eigenvalue weighted by Gasteiger charge is -2.27. The molecule has 0 aliphatic heterocycles. The molecular weight excluding hydrogens is 308 g/mol. The van der Waals surface area contributed by atoms with Gasteiger partial charge in [-0.25, -0.2) is 0 Å². The van der Waals surface area contributed by atoms with Crippen LogP contribution in [0.2, 0.25) is 5.02 Å². The standard InChI is InChI=1S/C15H19ClN2O2S/c1-4-18(9(2)8-20-3)15(19)14-13(17)11-7-10(16)5-6-12(11)21-14/h5-7,9H,4,8,17H2,1-3H3. The van der Waals surface area contributed by atoms with Crippen molar-refractivity contribution in [2.45, 2.75) is 19.9 Å². The van der Waals surface area contributed by atoms with Crippen LogP contribution in [0.4, 0.5) is 5.69 Å². The Morgan fingerprint density at radius 1 is 1.52 bits per heavy atom. The zero-order valence-electron chi connectivity index (χ0n) is 12.4. The smallest absolute Gasteiger partial charge is 0.266 e. The number of benzene rings is 1. The number of rotatable bonds is 5. The van der Waals surface area contributed by atoms with Crippen LogP contribution in [0, 0.1) is 0 Å². The van der Waals surface area contributed by atoms with Gasteiger partial charge in [-0.2, -0.15) is 0 Å². The van der Waals surface area contributed by atoms with Gasteiger partial charge in [0.1, 0.15) is 4.88 Å². The number of fused-ring (bicyclic) bond motifs is 1. The van der Waals surface area contributed by atoms with Crippen molar-refractivity contribution >= 4 is 44.6 Å². The molecular formula is C15H19ClN2O2S. The number of halogens is 1. The zero-order chi connectivity index (χ0) is 15.6. The number of hydrogen-bond donors (Lipinski definition) is 1. The van der Waals surface area contributed by atoms with Gasteiger partial charge in [-0.05, 0) is 32.0 Å². The van der Waals surface area contributed by atoms with Crippen LogP contribution in [0.15, 0.2) is 18.2 Å². The van der Waals surface area contributed by atoms with E-state index in [1.165, 1.54) is 11.3 Å². The van der Waals surface area contributed by atoms with Gasteiger partial charge in [0, 0.05) is 28.8 Å². The van der Waals surface area contributed by atoms with Crippen LogP contribution in [0.25, 0.3) is 10.1 Å². The van der Waals surface area contributed by atoms with Gasteiger partial charge in [-0.3, -0.25) is 4.79 Å². The number of carbonyl (C=O) groups excluding carboxylic acids is 1. The molecule has 2 rings (SSSR count). The second kappa shape index (κ2) is 6.64. The third-order valence-corrected chi connectivity index (χ3v) is 4.83. The fraction of sp³-hybridized carbons (Fsp3) is 0.400. The summed E-state index contributed by atoms with van der Waals surface area (Å²) >= 11 is 7.40. The number of ether oxygens (including phenoxy) is 1. The maximum Gasteiger partial charge on any atom is 0.266 e. The molecule has 114 valence electrons. The second-order valence-electron chi connectivity index (χ2n) is 4.88. The summed E-state index contributed by atoms with van der Waals surface area (Å²) < 4.78 is 6.11. The van der Waals surface area contributed by atoms with Gasteiger partial charge >= 0.3 is 0 Å². The van der Waals surface area contributed by atoms with E-state index in [4.69, 9.17) is 22.1 Å². The van der Waals surface area contributed by atoms with E-state index in [9.17, 15) is 4.79 Å². The molecule has 0 aliphatic rings. The highest BCUT2D eigenvalue weighted by molar-refractivity contribution is 7.21. The van der Waals surface area contributed by atoms with Crippen LogP contribution in [-0.2, 0) is 4.74 Å². The average Bonchev–Trinajstić information content (AvgIpc) is 2.77. The van der Waals surface area contributed by atoms with Crippen LogP contribution in [-0.4, -0.2) is 37.1 Å². The molecule has 1 atom stereocenters. The van der Waals surface area contributed by atoms with Crippen molar-refractivity contribution in [3.8, 4) is 0 Å². The lowest BCUT2D eigenvalue weighted by Crippen LogP contribution is -2.40. The Morgan fingerprint density at radius 2 is 2.24 bits per heavy atom. The predicted octanol–water partition coefficient (Wildman–Crippen LogP) is 3.63. The minimum Gasteiger partial charge on any atom is -0.397 e. The molecule has 0 spiro atoms. The van der Waals surface area contributed by atoms with Crippen LogP contribution in [0.5, 0.6) is 0 Å². The lowest BCUT2D eigenvalue weighted by molar-refractivity contribution is 0.0585. The molecule has 0 saturated carbocycles. The summed E-state index contributed by atoms with van der Waals surface area (Å²) in [5.41, 5.74) is 6.65. The summed E-state index contributed by atoms with van der Waals surface area (Å²) in [5.74, 6) is -0.0585. The minimum absolute atomic E-state index is 0.000648. The number of anilines is 1. The Bertz CT molecular complexity index is 656. The first-order valence-electron chi connectivity index (χ1n) is 6.77. The number of thiophene rings is 1. The van der Waals surface area contributed by atoms with Crippen LogP contribution in [0.3, 0.4) is 0 Å². The SMILES string of the molecule is CCN(C(=O)c1sc2ccc(Cl)cc2c1N)C(C)COC. The molecule has 0 fully saturated rings.